The molecule has 3 aromatic heterocycles. The van der Waals surface area contributed by atoms with Crippen molar-refractivity contribution in [2.45, 2.75) is 73.6 Å². The summed E-state index contributed by atoms with van der Waals surface area (Å²) in [5.74, 6) is -2.30. The van der Waals surface area contributed by atoms with Gasteiger partial charge in [-0.15, -0.1) is 0 Å². The lowest BCUT2D eigenvalue weighted by molar-refractivity contribution is -0.275. The van der Waals surface area contributed by atoms with Crippen molar-refractivity contribution in [2.24, 2.45) is 5.92 Å². The van der Waals surface area contributed by atoms with Gasteiger partial charge in [0.05, 0.1) is 5.92 Å². The molecule has 0 unspecified atom stereocenters. The van der Waals surface area contributed by atoms with Crippen LogP contribution in [0.5, 0.6) is 5.88 Å². The van der Waals surface area contributed by atoms with E-state index in [4.69, 9.17) is 0 Å². The number of H-pyrrole nitrogens is 3. The van der Waals surface area contributed by atoms with E-state index in [0.717, 1.165) is 50.0 Å². The van der Waals surface area contributed by atoms with Crippen LogP contribution in [0.1, 0.15) is 84.1 Å². The van der Waals surface area contributed by atoms with Gasteiger partial charge in [-0.05, 0) is 117 Å². The second-order valence-electron chi connectivity index (χ2n) is 11.0. The van der Waals surface area contributed by atoms with Gasteiger partial charge in [-0.3, -0.25) is 14.4 Å². The molecule has 0 spiro atoms. The van der Waals surface area contributed by atoms with Gasteiger partial charge in [0.25, 0.3) is 0 Å². The highest BCUT2D eigenvalue weighted by Gasteiger charge is 2.29. The zero-order valence-electron chi connectivity index (χ0n) is 25.4. The minimum Gasteiger partial charge on any atom is -0.860 e. The van der Waals surface area contributed by atoms with Crippen LogP contribution in [-0.4, -0.2) is 43.0 Å². The summed E-state index contributed by atoms with van der Waals surface area (Å²) in [6.07, 6.45) is 8.58. The fourth-order valence-electron chi connectivity index (χ4n) is 5.84. The number of amides is 1. The van der Waals surface area contributed by atoms with Gasteiger partial charge in [-0.1, -0.05) is 13.0 Å². The summed E-state index contributed by atoms with van der Waals surface area (Å²) < 4.78 is 0. The Labute approximate surface area is 249 Å². The van der Waals surface area contributed by atoms with Crippen molar-refractivity contribution in [1.82, 2.24) is 20.3 Å². The fourth-order valence-corrected chi connectivity index (χ4v) is 5.84. The number of carbonyl (C=O) groups is 3. The lowest BCUT2D eigenvalue weighted by Gasteiger charge is -2.03. The molecule has 0 bridgehead atoms. The predicted octanol–water partition coefficient (Wildman–Crippen LogP) is 2.98. The largest absolute Gasteiger partial charge is 0.860 e. The number of hydrogen-bond donors (Lipinski definition) is 6. The molecule has 1 aliphatic rings. The number of aromatic nitrogens is 3. The molecule has 0 radical (unpaired) electrons. The first-order valence-electron chi connectivity index (χ1n) is 14.5. The quantitative estimate of drug-likeness (QED) is 0.213. The number of hydrogen-bond acceptors (Lipinski definition) is 4. The van der Waals surface area contributed by atoms with Gasteiger partial charge in [0.1, 0.15) is 0 Å². The predicted molar refractivity (Wildman–Crippen MR) is 163 cm³/mol. The van der Waals surface area contributed by atoms with E-state index in [2.05, 4.69) is 20.3 Å². The molecule has 4 heterocycles. The van der Waals surface area contributed by atoms with Crippen molar-refractivity contribution in [3.05, 3.63) is 78.5 Å². The number of carboxylic acids is 2. The van der Waals surface area contributed by atoms with Crippen molar-refractivity contribution in [3.8, 4) is 5.88 Å². The second kappa shape index (κ2) is 12.6. The molecule has 1 atom stereocenters. The highest BCUT2D eigenvalue weighted by atomic mass is 16.4. The second-order valence-corrected chi connectivity index (χ2v) is 11.0. The van der Waals surface area contributed by atoms with Gasteiger partial charge in [0.15, 0.2) is 0 Å². The highest BCUT2D eigenvalue weighted by molar-refractivity contribution is 5.91. The van der Waals surface area contributed by atoms with E-state index in [0.29, 0.717) is 28.9 Å². The molecule has 1 fully saturated rings. The number of aliphatic carboxylic acids is 2. The molecule has 3 aromatic rings. The maximum absolute atomic E-state index is 12.4. The van der Waals surface area contributed by atoms with E-state index >= 15 is 0 Å². The van der Waals surface area contributed by atoms with Crippen LogP contribution in [0.3, 0.4) is 0 Å². The van der Waals surface area contributed by atoms with E-state index in [1.165, 1.54) is 0 Å². The molecule has 228 valence electrons. The van der Waals surface area contributed by atoms with Crippen LogP contribution in [0.4, 0.5) is 0 Å². The lowest BCUT2D eigenvalue weighted by atomic mass is 10.00. The first-order chi connectivity index (χ1) is 20.4. The van der Waals surface area contributed by atoms with Crippen LogP contribution in [-0.2, 0) is 33.6 Å². The molecule has 0 aromatic carbocycles. The topological polar surface area (TPSA) is 174 Å². The van der Waals surface area contributed by atoms with Crippen LogP contribution in [0.2, 0.25) is 0 Å². The molecule has 0 aliphatic carbocycles. The molecule has 6 N–H and O–H groups in total. The summed E-state index contributed by atoms with van der Waals surface area (Å²) in [6, 6.07) is 0. The number of aromatic amines is 3. The Hall–Kier alpha value is -4.73. The molecule has 4 rings (SSSR count). The van der Waals surface area contributed by atoms with Crippen LogP contribution >= 0.6 is 0 Å². The van der Waals surface area contributed by atoms with Crippen molar-refractivity contribution >= 4 is 36.1 Å². The Morgan fingerprint density at radius 1 is 0.814 bits per heavy atom. The van der Waals surface area contributed by atoms with Gasteiger partial charge >= 0.3 is 11.9 Å². The maximum Gasteiger partial charge on any atom is 0.303 e. The van der Waals surface area contributed by atoms with Crippen molar-refractivity contribution < 1.29 is 29.7 Å². The van der Waals surface area contributed by atoms with Gasteiger partial charge < -0.3 is 35.6 Å². The average molecular weight is 588 g/mol. The maximum atomic E-state index is 12.4. The third-order valence-electron chi connectivity index (χ3n) is 8.42. The third kappa shape index (κ3) is 6.38. The normalized spacial score (nSPS) is 17.9. The lowest BCUT2D eigenvalue weighted by Crippen LogP contribution is -2.16. The van der Waals surface area contributed by atoms with Crippen molar-refractivity contribution in [2.75, 3.05) is 0 Å². The van der Waals surface area contributed by atoms with E-state index < -0.39 is 11.9 Å². The van der Waals surface area contributed by atoms with Gasteiger partial charge in [-0.25, -0.2) is 0 Å². The number of allylic oxidation sites excluding steroid dienone is 2. The molecular weight excluding hydrogens is 548 g/mol. The summed E-state index contributed by atoms with van der Waals surface area (Å²) in [4.78, 5) is 45.1. The monoisotopic (exact) mass is 587 g/mol. The summed E-state index contributed by atoms with van der Waals surface area (Å²) in [6.45, 7) is 11.4. The molecule has 43 heavy (non-hydrogen) atoms. The minimum atomic E-state index is -0.917. The van der Waals surface area contributed by atoms with E-state index in [1.807, 2.05) is 65.8 Å². The van der Waals surface area contributed by atoms with Crippen LogP contribution in [0.15, 0.2) is 17.3 Å². The molecule has 0 saturated carbocycles. The summed E-state index contributed by atoms with van der Waals surface area (Å²) in [5, 5.41) is 35.7. The molecule has 1 saturated heterocycles. The SMILES string of the molecule is C/C=C1\C(=C\c2[nH]c(/C=c3\[nH]/c(=C\c4[nH]c([O-])c(CC)c4C)c(C)c3CCC(=O)O)c(CCC(=O)O)c2C)NC(=O)[C@@H]1C. The number of carbonyl (C=O) groups excluding carboxylic acids is 1. The summed E-state index contributed by atoms with van der Waals surface area (Å²) in [5.41, 5.74) is 8.70. The number of carboxylic acid groups (broad SMARTS) is 2. The van der Waals surface area contributed by atoms with E-state index in [9.17, 15) is 29.7 Å². The average Bonchev–Trinajstić information content (AvgIpc) is 3.59. The third-order valence-corrected chi connectivity index (χ3v) is 8.42. The Morgan fingerprint density at radius 3 is 1.98 bits per heavy atom. The van der Waals surface area contributed by atoms with Crippen LogP contribution in [0.25, 0.3) is 18.2 Å². The van der Waals surface area contributed by atoms with Gasteiger partial charge in [0.2, 0.25) is 5.91 Å². The highest BCUT2D eigenvalue weighted by Crippen LogP contribution is 2.29. The van der Waals surface area contributed by atoms with Gasteiger partial charge in [-0.2, -0.15) is 0 Å². The summed E-state index contributed by atoms with van der Waals surface area (Å²) in [7, 11) is 0. The number of nitrogens with one attached hydrogen (secondary N) is 4. The zero-order valence-corrected chi connectivity index (χ0v) is 25.4. The molecular formula is C33H39N4O6-. The smallest absolute Gasteiger partial charge is 0.303 e. The molecule has 1 aliphatic heterocycles. The van der Waals surface area contributed by atoms with Gasteiger partial charge in [0, 0.05) is 46.3 Å². The van der Waals surface area contributed by atoms with E-state index in [-0.39, 0.29) is 43.4 Å². The molecule has 10 heteroatoms. The standard InChI is InChI=1S/C33H40N4O6/c1-7-20-19(6)32(42)37-27(20)14-25-18(5)23(10-12-31(40)41)29(35-25)15-28-22(9-11-30(38)39)17(4)24(34-28)13-26-16(3)21(8-2)33(43)36-26/h7,13-15,19,34-36,43H,8-12H2,1-6H3,(H,37,42)(H,38,39)(H,40,41)/p-1/b20-7-,24-13-,27-14-,28-15-/t19-/m1/s1. The Kier molecular flexibility index (Phi) is 9.18. The Balaban J connectivity index is 1.92. The first-order valence-corrected chi connectivity index (χ1v) is 14.5. The fraction of sp³-hybridized carbons (Fsp3) is 0.364. The van der Waals surface area contributed by atoms with E-state index in [1.54, 1.807) is 0 Å². The first kappa shape index (κ1) is 31.2. The number of rotatable bonds is 10. The van der Waals surface area contributed by atoms with Crippen molar-refractivity contribution in [1.29, 1.82) is 0 Å². The Morgan fingerprint density at radius 2 is 1.40 bits per heavy atom. The van der Waals surface area contributed by atoms with Crippen molar-refractivity contribution in [3.63, 3.8) is 0 Å². The molecule has 10 nitrogen and oxygen atoms in total. The minimum absolute atomic E-state index is 0.0673. The molecule has 1 amide bonds. The Bertz CT molecular complexity index is 1780. The van der Waals surface area contributed by atoms with Crippen LogP contribution in [0, 0.1) is 26.7 Å². The summed E-state index contributed by atoms with van der Waals surface area (Å²) >= 11 is 0. The van der Waals surface area contributed by atoms with Crippen LogP contribution < -0.4 is 21.1 Å². The zero-order chi connectivity index (χ0) is 31.6.